The van der Waals surface area contributed by atoms with Crippen molar-refractivity contribution in [2.75, 3.05) is 5.73 Å². The minimum absolute atomic E-state index is 0.329. The van der Waals surface area contributed by atoms with Gasteiger partial charge in [0.05, 0.1) is 16.6 Å². The van der Waals surface area contributed by atoms with Crippen LogP contribution in [0.4, 0.5) is 5.82 Å². The highest BCUT2D eigenvalue weighted by atomic mass is 14.9. The molecule has 3 rings (SSSR count). The first-order valence-corrected chi connectivity index (χ1v) is 5.66. The molecule has 2 heterocycles. The van der Waals surface area contributed by atoms with Gasteiger partial charge < -0.3 is 5.73 Å². The molecule has 0 radical (unpaired) electrons. The highest BCUT2D eigenvalue weighted by molar-refractivity contribution is 5.82. The second kappa shape index (κ2) is 4.35. The normalized spacial score (nSPS) is 10.3. The molecule has 19 heavy (non-hydrogen) atoms. The predicted molar refractivity (Wildman–Crippen MR) is 71.9 cm³/mol. The van der Waals surface area contributed by atoms with Crippen LogP contribution < -0.4 is 5.73 Å². The predicted octanol–water partition coefficient (Wildman–Crippen LogP) is 2.15. The third-order valence-corrected chi connectivity index (χ3v) is 2.74. The van der Waals surface area contributed by atoms with Crippen LogP contribution in [-0.4, -0.2) is 15.0 Å². The maximum absolute atomic E-state index is 8.89. The summed E-state index contributed by atoms with van der Waals surface area (Å²) in [5.74, 6) is 0.329. The minimum atomic E-state index is 0.329. The number of hydrogen-bond acceptors (Lipinski definition) is 5. The summed E-state index contributed by atoms with van der Waals surface area (Å²) in [4.78, 5) is 12.8. The first-order valence-electron chi connectivity index (χ1n) is 5.66. The summed E-state index contributed by atoms with van der Waals surface area (Å²) < 4.78 is 0. The Hall–Kier alpha value is -3.00. The van der Waals surface area contributed by atoms with Crippen molar-refractivity contribution >= 4 is 16.9 Å². The van der Waals surface area contributed by atoms with E-state index in [9.17, 15) is 0 Å². The van der Waals surface area contributed by atoms with Crippen molar-refractivity contribution in [2.45, 2.75) is 0 Å². The van der Waals surface area contributed by atoms with E-state index < -0.39 is 0 Å². The van der Waals surface area contributed by atoms with Crippen molar-refractivity contribution in [2.24, 2.45) is 0 Å². The van der Waals surface area contributed by atoms with Crippen LogP contribution in [0.3, 0.4) is 0 Å². The van der Waals surface area contributed by atoms with Gasteiger partial charge in [0.15, 0.2) is 5.82 Å². The maximum atomic E-state index is 8.89. The van der Waals surface area contributed by atoms with Gasteiger partial charge in [-0.3, -0.25) is 4.98 Å². The SMILES string of the molecule is N#Cc1cncc(-c2nc3ccccc3nc2N)c1. The average molecular weight is 247 g/mol. The molecule has 1 aromatic carbocycles. The Bertz CT molecular complexity index is 804. The molecular weight excluding hydrogens is 238 g/mol. The Labute approximate surface area is 109 Å². The topological polar surface area (TPSA) is 88.5 Å². The number of rotatable bonds is 1. The molecule has 3 aromatic rings. The Balaban J connectivity index is 2.24. The number of aromatic nitrogens is 3. The zero-order valence-corrected chi connectivity index (χ0v) is 9.91. The number of hydrogen-bond donors (Lipinski definition) is 1. The molecule has 0 saturated heterocycles. The Morgan fingerprint density at radius 3 is 2.53 bits per heavy atom. The number of para-hydroxylation sites is 2. The van der Waals surface area contributed by atoms with Crippen LogP contribution in [0.15, 0.2) is 42.7 Å². The zero-order chi connectivity index (χ0) is 13.2. The van der Waals surface area contributed by atoms with Crippen molar-refractivity contribution in [3.05, 3.63) is 48.3 Å². The van der Waals surface area contributed by atoms with Crippen LogP contribution in [0, 0.1) is 11.3 Å². The number of nitrogen functional groups attached to an aromatic ring is 1. The quantitative estimate of drug-likeness (QED) is 0.711. The van der Waals surface area contributed by atoms with E-state index in [0.29, 0.717) is 22.6 Å². The second-order valence-corrected chi connectivity index (χ2v) is 4.02. The summed E-state index contributed by atoms with van der Waals surface area (Å²) in [6.45, 7) is 0. The number of anilines is 1. The third kappa shape index (κ3) is 1.96. The molecule has 0 aliphatic rings. The largest absolute Gasteiger partial charge is 0.382 e. The van der Waals surface area contributed by atoms with Gasteiger partial charge in [-0.05, 0) is 18.2 Å². The second-order valence-electron chi connectivity index (χ2n) is 4.02. The van der Waals surface area contributed by atoms with E-state index >= 15 is 0 Å². The Morgan fingerprint density at radius 2 is 1.79 bits per heavy atom. The van der Waals surface area contributed by atoms with Crippen LogP contribution in [0.1, 0.15) is 5.56 Å². The smallest absolute Gasteiger partial charge is 0.150 e. The summed E-state index contributed by atoms with van der Waals surface area (Å²) in [5, 5.41) is 8.89. The highest BCUT2D eigenvalue weighted by Crippen LogP contribution is 2.24. The Kier molecular flexibility index (Phi) is 2.54. The van der Waals surface area contributed by atoms with Gasteiger partial charge in [-0.1, -0.05) is 12.1 Å². The molecule has 0 atom stereocenters. The lowest BCUT2D eigenvalue weighted by Gasteiger charge is -2.06. The lowest BCUT2D eigenvalue weighted by Crippen LogP contribution is -1.99. The van der Waals surface area contributed by atoms with Gasteiger partial charge in [0.2, 0.25) is 0 Å². The first kappa shape index (κ1) is 11.1. The van der Waals surface area contributed by atoms with E-state index in [-0.39, 0.29) is 0 Å². The number of benzene rings is 1. The molecule has 0 spiro atoms. The number of nitrogens with two attached hydrogens (primary N) is 1. The highest BCUT2D eigenvalue weighted by Gasteiger charge is 2.09. The van der Waals surface area contributed by atoms with Crippen LogP contribution in [-0.2, 0) is 0 Å². The molecule has 0 aliphatic carbocycles. The van der Waals surface area contributed by atoms with Crippen LogP contribution in [0.25, 0.3) is 22.3 Å². The molecule has 0 unspecified atom stereocenters. The number of fused-ring (bicyclic) bond motifs is 1. The zero-order valence-electron chi connectivity index (χ0n) is 9.91. The average Bonchev–Trinajstić information content (AvgIpc) is 2.46. The van der Waals surface area contributed by atoms with Gasteiger partial charge in [-0.2, -0.15) is 5.26 Å². The van der Waals surface area contributed by atoms with E-state index in [1.54, 1.807) is 12.3 Å². The van der Waals surface area contributed by atoms with E-state index in [0.717, 1.165) is 11.0 Å². The van der Waals surface area contributed by atoms with Gasteiger partial charge >= 0.3 is 0 Å². The number of pyridine rings is 1. The Morgan fingerprint density at radius 1 is 1.05 bits per heavy atom. The van der Waals surface area contributed by atoms with Gasteiger partial charge in [0, 0.05) is 18.0 Å². The summed E-state index contributed by atoms with van der Waals surface area (Å²) in [7, 11) is 0. The van der Waals surface area contributed by atoms with Crippen molar-refractivity contribution in [3.63, 3.8) is 0 Å². The lowest BCUT2D eigenvalue weighted by atomic mass is 10.1. The van der Waals surface area contributed by atoms with Gasteiger partial charge in [0.25, 0.3) is 0 Å². The first-order chi connectivity index (χ1) is 9.28. The number of nitriles is 1. The minimum Gasteiger partial charge on any atom is -0.382 e. The molecular formula is C14H9N5. The van der Waals surface area contributed by atoms with Gasteiger partial charge in [-0.15, -0.1) is 0 Å². The molecule has 0 fully saturated rings. The maximum Gasteiger partial charge on any atom is 0.150 e. The molecule has 0 amide bonds. The van der Waals surface area contributed by atoms with Crippen LogP contribution in [0.2, 0.25) is 0 Å². The molecule has 0 bridgehead atoms. The van der Waals surface area contributed by atoms with Crippen molar-refractivity contribution in [1.82, 2.24) is 15.0 Å². The fourth-order valence-corrected chi connectivity index (χ4v) is 1.86. The summed E-state index contributed by atoms with van der Waals surface area (Å²) >= 11 is 0. The standard InChI is InChI=1S/C14H9N5/c15-6-9-5-10(8-17-7-9)13-14(16)19-12-4-2-1-3-11(12)18-13/h1-5,7-8H,(H2,16,19). The number of nitrogens with zero attached hydrogens (tertiary/aromatic N) is 4. The van der Waals surface area contributed by atoms with Crippen molar-refractivity contribution in [3.8, 4) is 17.3 Å². The van der Waals surface area contributed by atoms with Gasteiger partial charge in [0.1, 0.15) is 11.8 Å². The molecule has 2 aromatic heterocycles. The van der Waals surface area contributed by atoms with Crippen molar-refractivity contribution < 1.29 is 0 Å². The van der Waals surface area contributed by atoms with Crippen molar-refractivity contribution in [1.29, 1.82) is 5.26 Å². The summed E-state index contributed by atoms with van der Waals surface area (Å²) in [5.41, 5.74) is 9.13. The van der Waals surface area contributed by atoms with Gasteiger partial charge in [-0.25, -0.2) is 9.97 Å². The fraction of sp³-hybridized carbons (Fsp3) is 0. The van der Waals surface area contributed by atoms with E-state index in [1.165, 1.54) is 6.20 Å². The lowest BCUT2D eigenvalue weighted by molar-refractivity contribution is 1.26. The van der Waals surface area contributed by atoms with Crippen LogP contribution in [0.5, 0.6) is 0 Å². The fourth-order valence-electron chi connectivity index (χ4n) is 1.86. The molecule has 5 heteroatoms. The monoisotopic (exact) mass is 247 g/mol. The van der Waals surface area contributed by atoms with E-state index in [1.807, 2.05) is 30.3 Å². The summed E-state index contributed by atoms with van der Waals surface area (Å²) in [6, 6.07) is 11.2. The molecule has 2 N–H and O–H groups in total. The third-order valence-electron chi connectivity index (χ3n) is 2.74. The van der Waals surface area contributed by atoms with E-state index in [4.69, 9.17) is 11.0 Å². The molecule has 0 saturated carbocycles. The molecule has 90 valence electrons. The molecule has 5 nitrogen and oxygen atoms in total. The molecule has 0 aliphatic heterocycles. The van der Waals surface area contributed by atoms with E-state index in [2.05, 4.69) is 15.0 Å². The van der Waals surface area contributed by atoms with Crippen LogP contribution >= 0.6 is 0 Å². The summed E-state index contributed by atoms with van der Waals surface area (Å²) in [6.07, 6.45) is 3.12.